The number of aryl methyl sites for hydroxylation is 1. The lowest BCUT2D eigenvalue weighted by Gasteiger charge is -2.23. The van der Waals surface area contributed by atoms with E-state index in [2.05, 4.69) is 15.7 Å². The number of nitrogens with zero attached hydrogens (tertiary/aromatic N) is 2. The van der Waals surface area contributed by atoms with E-state index in [9.17, 15) is 9.59 Å². The maximum absolute atomic E-state index is 13.0. The van der Waals surface area contributed by atoms with Crippen molar-refractivity contribution in [2.45, 2.75) is 18.4 Å². The lowest BCUT2D eigenvalue weighted by atomic mass is 9.89. The van der Waals surface area contributed by atoms with Gasteiger partial charge in [-0.1, -0.05) is 23.7 Å². The Hall–Kier alpha value is -2.09. The van der Waals surface area contributed by atoms with Crippen LogP contribution < -0.4 is 10.6 Å². The lowest BCUT2D eigenvalue weighted by molar-refractivity contribution is -0.141. The Morgan fingerprint density at radius 2 is 2.07 bits per heavy atom. The summed E-state index contributed by atoms with van der Waals surface area (Å²) in [7, 11) is 3.19. The minimum atomic E-state index is -0.475. The predicted molar refractivity (Wildman–Crippen MR) is 109 cm³/mol. The van der Waals surface area contributed by atoms with Gasteiger partial charge in [0.1, 0.15) is 0 Å². The number of methoxy groups -OCH3 is 1. The molecule has 1 amide bonds. The van der Waals surface area contributed by atoms with Gasteiger partial charge in [0.05, 0.1) is 31.7 Å². The number of benzene rings is 1. The summed E-state index contributed by atoms with van der Waals surface area (Å²) < 4.78 is 6.52. The molecule has 2 heterocycles. The normalized spacial score (nSPS) is 19.5. The van der Waals surface area contributed by atoms with E-state index >= 15 is 0 Å². The van der Waals surface area contributed by atoms with Crippen molar-refractivity contribution < 1.29 is 14.3 Å². The number of carbonyl (C=O) groups excluding carboxylic acids is 2. The fourth-order valence-corrected chi connectivity index (χ4v) is 3.54. The number of rotatable bonds is 6. The number of amides is 1. The molecule has 1 aromatic carbocycles. The van der Waals surface area contributed by atoms with Gasteiger partial charge in [-0.3, -0.25) is 14.3 Å². The number of nitrogens with one attached hydrogen (secondary N) is 2. The smallest absolute Gasteiger partial charge is 0.307 e. The van der Waals surface area contributed by atoms with Gasteiger partial charge in [0.2, 0.25) is 5.91 Å². The van der Waals surface area contributed by atoms with Gasteiger partial charge in [-0.25, -0.2) is 0 Å². The fraction of sp³-hybridized carbons (Fsp3) is 0.421. The highest BCUT2D eigenvalue weighted by atomic mass is 35.5. The molecule has 0 radical (unpaired) electrons. The van der Waals surface area contributed by atoms with Crippen molar-refractivity contribution in [2.75, 3.05) is 20.2 Å². The Morgan fingerprint density at radius 3 is 2.68 bits per heavy atom. The molecule has 1 aromatic heterocycles. The molecular formula is C19H24Cl2N4O3. The van der Waals surface area contributed by atoms with E-state index in [1.54, 1.807) is 23.0 Å². The van der Waals surface area contributed by atoms with Crippen LogP contribution in [0.5, 0.6) is 0 Å². The second-order valence-electron chi connectivity index (χ2n) is 6.71. The van der Waals surface area contributed by atoms with E-state index in [1.807, 2.05) is 25.4 Å². The minimum Gasteiger partial charge on any atom is -0.469 e. The van der Waals surface area contributed by atoms with Crippen molar-refractivity contribution in [1.29, 1.82) is 0 Å². The van der Waals surface area contributed by atoms with Crippen molar-refractivity contribution in [3.8, 4) is 0 Å². The Bertz CT molecular complexity index is 810. The number of aromatic nitrogens is 2. The third kappa shape index (κ3) is 5.25. The van der Waals surface area contributed by atoms with Gasteiger partial charge in [0.25, 0.3) is 0 Å². The van der Waals surface area contributed by atoms with Gasteiger partial charge in [-0.2, -0.15) is 5.10 Å². The van der Waals surface area contributed by atoms with E-state index in [-0.39, 0.29) is 42.5 Å². The SMILES string of the molecule is COC(=O)C[C@H](NC(=O)[C@H]1CNC[C@@H]1c1cnn(C)c1)c1ccc(Cl)cc1.Cl. The third-order valence-corrected chi connectivity index (χ3v) is 5.14. The lowest BCUT2D eigenvalue weighted by Crippen LogP contribution is -2.37. The van der Waals surface area contributed by atoms with Crippen LogP contribution in [0.4, 0.5) is 0 Å². The zero-order valence-electron chi connectivity index (χ0n) is 15.7. The van der Waals surface area contributed by atoms with Gasteiger partial charge >= 0.3 is 5.97 Å². The molecular weight excluding hydrogens is 403 g/mol. The largest absolute Gasteiger partial charge is 0.469 e. The molecule has 3 rings (SSSR count). The molecule has 152 valence electrons. The van der Waals surface area contributed by atoms with Crippen molar-refractivity contribution in [3.05, 3.63) is 52.8 Å². The van der Waals surface area contributed by atoms with Gasteiger partial charge in [-0.15, -0.1) is 12.4 Å². The predicted octanol–water partition coefficient (Wildman–Crippen LogP) is 2.22. The van der Waals surface area contributed by atoms with Crippen molar-refractivity contribution >= 4 is 35.9 Å². The molecule has 0 spiro atoms. The third-order valence-electron chi connectivity index (χ3n) is 4.89. The standard InChI is InChI=1S/C19H23ClN4O3.ClH/c1-24-11-13(8-22-24)15-9-21-10-16(15)19(26)23-17(7-18(25)27-2)12-3-5-14(20)6-4-12;/h3-6,8,11,15-17,21H,7,9-10H2,1-2H3,(H,23,26);1H/t15-,16+,17+;/m1./s1. The Morgan fingerprint density at radius 1 is 1.36 bits per heavy atom. The summed E-state index contributed by atoms with van der Waals surface area (Å²) in [5, 5.41) is 11.1. The molecule has 1 fully saturated rings. The molecule has 1 saturated heterocycles. The highest BCUT2D eigenvalue weighted by Gasteiger charge is 2.36. The molecule has 9 heteroatoms. The highest BCUT2D eigenvalue weighted by molar-refractivity contribution is 6.30. The van der Waals surface area contributed by atoms with Crippen molar-refractivity contribution in [1.82, 2.24) is 20.4 Å². The number of hydrogen-bond acceptors (Lipinski definition) is 5. The summed E-state index contributed by atoms with van der Waals surface area (Å²) in [4.78, 5) is 24.8. The summed E-state index contributed by atoms with van der Waals surface area (Å²) in [6.45, 7) is 1.29. The number of halogens is 2. The molecule has 1 aliphatic heterocycles. The van der Waals surface area contributed by atoms with Crippen LogP contribution in [-0.2, 0) is 21.4 Å². The van der Waals surface area contributed by atoms with Crippen LogP contribution in [0, 0.1) is 5.92 Å². The summed E-state index contributed by atoms with van der Waals surface area (Å²) in [5.74, 6) is -0.675. The topological polar surface area (TPSA) is 85.2 Å². The van der Waals surface area contributed by atoms with Gasteiger partial charge < -0.3 is 15.4 Å². The molecule has 0 bridgehead atoms. The first kappa shape index (κ1) is 22.2. The second kappa shape index (κ2) is 9.91. The van der Waals surface area contributed by atoms with Crippen molar-refractivity contribution in [3.63, 3.8) is 0 Å². The van der Waals surface area contributed by atoms with Crippen LogP contribution in [0.15, 0.2) is 36.7 Å². The summed E-state index contributed by atoms with van der Waals surface area (Å²) in [5.41, 5.74) is 1.83. The zero-order chi connectivity index (χ0) is 19.4. The summed E-state index contributed by atoms with van der Waals surface area (Å²) >= 11 is 5.95. The van der Waals surface area contributed by atoms with Crippen LogP contribution in [-0.4, -0.2) is 41.9 Å². The Labute approximate surface area is 175 Å². The van der Waals surface area contributed by atoms with Gasteiger partial charge in [0.15, 0.2) is 0 Å². The van der Waals surface area contributed by atoms with Gasteiger partial charge in [-0.05, 0) is 23.3 Å². The molecule has 2 N–H and O–H groups in total. The van der Waals surface area contributed by atoms with Gasteiger partial charge in [0, 0.05) is 37.3 Å². The average molecular weight is 427 g/mol. The van der Waals surface area contributed by atoms with E-state index in [0.717, 1.165) is 11.1 Å². The Balaban J connectivity index is 0.00000280. The quantitative estimate of drug-likeness (QED) is 0.691. The summed E-state index contributed by atoms with van der Waals surface area (Å²) in [6, 6.07) is 6.62. The first-order valence-corrected chi connectivity index (χ1v) is 9.17. The summed E-state index contributed by atoms with van der Waals surface area (Å²) in [6.07, 6.45) is 3.79. The van der Waals surface area contributed by atoms with Crippen LogP contribution >= 0.6 is 24.0 Å². The number of ether oxygens (including phenoxy) is 1. The molecule has 0 unspecified atom stereocenters. The molecule has 2 aromatic rings. The van der Waals surface area contributed by atoms with Crippen LogP contribution in [0.2, 0.25) is 5.02 Å². The maximum Gasteiger partial charge on any atom is 0.307 e. The first-order chi connectivity index (χ1) is 13.0. The first-order valence-electron chi connectivity index (χ1n) is 8.80. The fourth-order valence-electron chi connectivity index (χ4n) is 3.41. The van der Waals surface area contributed by atoms with E-state index in [1.165, 1.54) is 7.11 Å². The second-order valence-corrected chi connectivity index (χ2v) is 7.15. The molecule has 7 nitrogen and oxygen atoms in total. The van der Waals surface area contributed by atoms with E-state index in [4.69, 9.17) is 16.3 Å². The molecule has 1 aliphatic rings. The molecule has 28 heavy (non-hydrogen) atoms. The van der Waals surface area contributed by atoms with Crippen LogP contribution in [0.1, 0.15) is 29.5 Å². The molecule has 0 aliphatic carbocycles. The van der Waals surface area contributed by atoms with Crippen LogP contribution in [0.25, 0.3) is 0 Å². The molecule has 0 saturated carbocycles. The van der Waals surface area contributed by atoms with E-state index in [0.29, 0.717) is 18.1 Å². The van der Waals surface area contributed by atoms with Crippen molar-refractivity contribution in [2.24, 2.45) is 13.0 Å². The Kier molecular flexibility index (Phi) is 7.86. The average Bonchev–Trinajstić information content (AvgIpc) is 3.30. The number of esters is 1. The minimum absolute atomic E-state index is 0. The molecule has 3 atom stereocenters. The zero-order valence-corrected chi connectivity index (χ0v) is 17.3. The number of carbonyl (C=O) groups is 2. The highest BCUT2D eigenvalue weighted by Crippen LogP contribution is 2.29. The van der Waals surface area contributed by atoms with E-state index < -0.39 is 6.04 Å². The monoisotopic (exact) mass is 426 g/mol. The maximum atomic E-state index is 13.0. The number of hydrogen-bond donors (Lipinski definition) is 2. The van der Waals surface area contributed by atoms with Crippen LogP contribution in [0.3, 0.4) is 0 Å².